The molecule has 1 atom stereocenters. The second-order valence-electron chi connectivity index (χ2n) is 5.05. The molecule has 0 amide bonds. The van der Waals surface area contributed by atoms with E-state index in [-0.39, 0.29) is 11.9 Å². The first-order chi connectivity index (χ1) is 9.69. The molecule has 1 aliphatic rings. The highest BCUT2D eigenvalue weighted by molar-refractivity contribution is 5.83. The van der Waals surface area contributed by atoms with Crippen LogP contribution < -0.4 is 0 Å². The first kappa shape index (κ1) is 14.6. The minimum Gasteiger partial charge on any atom is -0.466 e. The van der Waals surface area contributed by atoms with Gasteiger partial charge in [-0.25, -0.2) is 0 Å². The number of allylic oxidation sites excluding steroid dienone is 2. The molecule has 1 aromatic carbocycles. The van der Waals surface area contributed by atoms with Gasteiger partial charge in [-0.05, 0) is 48.5 Å². The summed E-state index contributed by atoms with van der Waals surface area (Å²) < 4.78 is 5.16. The molecular formula is C18H22O2. The smallest absolute Gasteiger partial charge is 0.313 e. The quantitative estimate of drug-likeness (QED) is 0.759. The third-order valence-corrected chi connectivity index (χ3v) is 3.90. The molecule has 0 saturated carbocycles. The molecule has 2 nitrogen and oxygen atoms in total. The van der Waals surface area contributed by atoms with Gasteiger partial charge in [0.05, 0.1) is 12.5 Å². The zero-order chi connectivity index (χ0) is 14.5. The lowest BCUT2D eigenvalue weighted by Gasteiger charge is -2.28. The van der Waals surface area contributed by atoms with Crippen LogP contribution in [0.2, 0.25) is 0 Å². The fourth-order valence-electron chi connectivity index (χ4n) is 2.92. The summed E-state index contributed by atoms with van der Waals surface area (Å²) in [4.78, 5) is 12.0. The van der Waals surface area contributed by atoms with Crippen LogP contribution in [0.25, 0.3) is 5.57 Å². The minimum atomic E-state index is -0.169. The van der Waals surface area contributed by atoms with E-state index in [9.17, 15) is 4.79 Å². The van der Waals surface area contributed by atoms with Crippen LogP contribution in [0.1, 0.15) is 38.7 Å². The van der Waals surface area contributed by atoms with Gasteiger partial charge < -0.3 is 4.74 Å². The van der Waals surface area contributed by atoms with E-state index in [1.807, 2.05) is 13.0 Å². The summed E-state index contributed by atoms with van der Waals surface area (Å²) in [6, 6.07) is 10.4. The third kappa shape index (κ3) is 2.84. The van der Waals surface area contributed by atoms with Gasteiger partial charge >= 0.3 is 5.97 Å². The molecule has 0 radical (unpaired) electrons. The van der Waals surface area contributed by atoms with Gasteiger partial charge in [0.25, 0.3) is 0 Å². The fraction of sp³-hybridized carbons (Fsp3) is 0.389. The standard InChI is InChI=1S/C18H22O2/c1-4-15-13(3)16(18(19)20-5-2)11-12-17(15)14-9-7-6-8-10-14/h6-10,16H,3-5,11-12H2,1-2H3. The molecule has 0 spiro atoms. The van der Waals surface area contributed by atoms with E-state index in [4.69, 9.17) is 4.74 Å². The number of rotatable bonds is 4. The van der Waals surface area contributed by atoms with E-state index in [0.29, 0.717) is 6.61 Å². The molecular weight excluding hydrogens is 248 g/mol. The third-order valence-electron chi connectivity index (χ3n) is 3.90. The van der Waals surface area contributed by atoms with Crippen LogP contribution >= 0.6 is 0 Å². The van der Waals surface area contributed by atoms with Gasteiger partial charge in [0.15, 0.2) is 0 Å². The Morgan fingerprint density at radius 2 is 2.00 bits per heavy atom. The van der Waals surface area contributed by atoms with E-state index in [1.165, 1.54) is 16.7 Å². The van der Waals surface area contributed by atoms with Gasteiger partial charge in [0.2, 0.25) is 0 Å². The van der Waals surface area contributed by atoms with Gasteiger partial charge in [-0.1, -0.05) is 43.8 Å². The second kappa shape index (κ2) is 6.56. The molecule has 2 rings (SSSR count). The number of ether oxygens (including phenoxy) is 1. The molecule has 0 fully saturated rings. The lowest BCUT2D eigenvalue weighted by molar-refractivity contribution is -0.146. The van der Waals surface area contributed by atoms with Crippen LogP contribution in [0.3, 0.4) is 0 Å². The van der Waals surface area contributed by atoms with Crippen molar-refractivity contribution in [2.24, 2.45) is 5.92 Å². The Morgan fingerprint density at radius 3 is 2.60 bits per heavy atom. The van der Waals surface area contributed by atoms with Gasteiger partial charge in [-0.15, -0.1) is 0 Å². The number of carbonyl (C=O) groups is 1. The molecule has 0 saturated heterocycles. The maximum atomic E-state index is 12.0. The summed E-state index contributed by atoms with van der Waals surface area (Å²) in [6.45, 7) is 8.56. The summed E-state index contributed by atoms with van der Waals surface area (Å²) in [5.74, 6) is -0.298. The average Bonchev–Trinajstić information content (AvgIpc) is 2.48. The van der Waals surface area contributed by atoms with Crippen molar-refractivity contribution in [3.05, 3.63) is 53.6 Å². The molecule has 0 bridgehead atoms. The largest absolute Gasteiger partial charge is 0.466 e. The predicted octanol–water partition coefficient (Wildman–Crippen LogP) is 4.38. The zero-order valence-corrected chi connectivity index (χ0v) is 12.3. The van der Waals surface area contributed by atoms with Crippen molar-refractivity contribution < 1.29 is 9.53 Å². The summed E-state index contributed by atoms with van der Waals surface area (Å²) in [5.41, 5.74) is 4.74. The first-order valence-corrected chi connectivity index (χ1v) is 7.32. The SMILES string of the molecule is C=C1C(CC)=C(c2ccccc2)CCC1C(=O)OCC. The van der Waals surface area contributed by atoms with Crippen molar-refractivity contribution in [3.63, 3.8) is 0 Å². The van der Waals surface area contributed by atoms with Crippen LogP contribution in [0.4, 0.5) is 0 Å². The van der Waals surface area contributed by atoms with Crippen LogP contribution in [-0.4, -0.2) is 12.6 Å². The monoisotopic (exact) mass is 270 g/mol. The maximum absolute atomic E-state index is 12.0. The number of carbonyl (C=O) groups excluding carboxylic acids is 1. The van der Waals surface area contributed by atoms with Crippen molar-refractivity contribution in [1.29, 1.82) is 0 Å². The highest BCUT2D eigenvalue weighted by atomic mass is 16.5. The van der Waals surface area contributed by atoms with E-state index >= 15 is 0 Å². The highest BCUT2D eigenvalue weighted by Crippen LogP contribution is 2.40. The van der Waals surface area contributed by atoms with Crippen molar-refractivity contribution in [2.75, 3.05) is 6.61 Å². The molecule has 20 heavy (non-hydrogen) atoms. The Kier molecular flexibility index (Phi) is 4.78. The van der Waals surface area contributed by atoms with Crippen molar-refractivity contribution in [3.8, 4) is 0 Å². The number of hydrogen-bond acceptors (Lipinski definition) is 2. The van der Waals surface area contributed by atoms with Crippen molar-refractivity contribution in [1.82, 2.24) is 0 Å². The summed E-state index contributed by atoms with van der Waals surface area (Å²) in [7, 11) is 0. The zero-order valence-electron chi connectivity index (χ0n) is 12.3. The molecule has 1 aromatic rings. The van der Waals surface area contributed by atoms with Gasteiger partial charge in [0.1, 0.15) is 0 Å². The Bertz CT molecular complexity index is 526. The molecule has 1 aliphatic carbocycles. The summed E-state index contributed by atoms with van der Waals surface area (Å²) in [6.07, 6.45) is 2.61. The molecule has 2 heteroatoms. The molecule has 0 aliphatic heterocycles. The van der Waals surface area contributed by atoms with Gasteiger partial charge in [-0.3, -0.25) is 4.79 Å². The Balaban J connectivity index is 2.33. The average molecular weight is 270 g/mol. The predicted molar refractivity (Wildman–Crippen MR) is 82.2 cm³/mol. The maximum Gasteiger partial charge on any atom is 0.313 e. The van der Waals surface area contributed by atoms with E-state index in [2.05, 4.69) is 37.8 Å². The van der Waals surface area contributed by atoms with Crippen LogP contribution in [0.15, 0.2) is 48.1 Å². The number of hydrogen-bond donors (Lipinski definition) is 0. The van der Waals surface area contributed by atoms with E-state index in [0.717, 1.165) is 24.8 Å². The topological polar surface area (TPSA) is 26.3 Å². The number of benzene rings is 1. The molecule has 1 unspecified atom stereocenters. The van der Waals surface area contributed by atoms with Crippen LogP contribution in [0, 0.1) is 5.92 Å². The van der Waals surface area contributed by atoms with Crippen molar-refractivity contribution >= 4 is 11.5 Å². The van der Waals surface area contributed by atoms with E-state index < -0.39 is 0 Å². The van der Waals surface area contributed by atoms with Crippen LogP contribution in [-0.2, 0) is 9.53 Å². The van der Waals surface area contributed by atoms with Crippen LogP contribution in [0.5, 0.6) is 0 Å². The van der Waals surface area contributed by atoms with Gasteiger partial charge in [-0.2, -0.15) is 0 Å². The minimum absolute atomic E-state index is 0.129. The molecule has 106 valence electrons. The Morgan fingerprint density at radius 1 is 1.30 bits per heavy atom. The van der Waals surface area contributed by atoms with E-state index in [1.54, 1.807) is 0 Å². The Hall–Kier alpha value is -1.83. The molecule has 0 N–H and O–H groups in total. The lowest BCUT2D eigenvalue weighted by Crippen LogP contribution is -2.23. The molecule has 0 aromatic heterocycles. The normalized spacial score (nSPS) is 19.1. The lowest BCUT2D eigenvalue weighted by atomic mass is 9.77. The molecule has 0 heterocycles. The Labute approximate surface area is 121 Å². The first-order valence-electron chi connectivity index (χ1n) is 7.32. The fourth-order valence-corrected chi connectivity index (χ4v) is 2.92. The van der Waals surface area contributed by atoms with Gasteiger partial charge in [0, 0.05) is 0 Å². The highest BCUT2D eigenvalue weighted by Gasteiger charge is 2.30. The number of esters is 1. The van der Waals surface area contributed by atoms with Crippen molar-refractivity contribution in [2.45, 2.75) is 33.1 Å². The summed E-state index contributed by atoms with van der Waals surface area (Å²) in [5, 5.41) is 0. The summed E-state index contributed by atoms with van der Waals surface area (Å²) >= 11 is 0. The second-order valence-corrected chi connectivity index (χ2v) is 5.05.